The molecule has 80 valence electrons. The molecule has 2 heteroatoms. The maximum atomic E-state index is 5.87. The van der Waals surface area contributed by atoms with Crippen LogP contribution >= 0.6 is 0 Å². The van der Waals surface area contributed by atoms with Crippen LogP contribution in [0.5, 0.6) is 0 Å². The maximum Gasteiger partial charge on any atom is 0.194 e. The molecule has 0 atom stereocenters. The van der Waals surface area contributed by atoms with Crippen molar-refractivity contribution in [1.29, 1.82) is 0 Å². The number of para-hydroxylation sites is 1. The third-order valence-corrected chi connectivity index (χ3v) is 2.76. The summed E-state index contributed by atoms with van der Waals surface area (Å²) in [6, 6.07) is 8.05. The highest BCUT2D eigenvalue weighted by molar-refractivity contribution is 5.85. The quantitative estimate of drug-likeness (QED) is 0.769. The fraction of sp³-hybridized carbons (Fsp3) is 0.385. The van der Waals surface area contributed by atoms with Crippen LogP contribution in [0.3, 0.4) is 0 Å². The van der Waals surface area contributed by atoms with E-state index >= 15 is 0 Å². The Kier molecular flexibility index (Phi) is 2.95. The molecular formula is C13H17NO. The molecular weight excluding hydrogens is 186 g/mol. The van der Waals surface area contributed by atoms with Crippen LogP contribution < -0.4 is 5.73 Å². The van der Waals surface area contributed by atoms with Crippen LogP contribution in [0.4, 0.5) is 5.88 Å². The number of fused-ring (bicyclic) bond motifs is 1. The van der Waals surface area contributed by atoms with Gasteiger partial charge in [0, 0.05) is 10.9 Å². The summed E-state index contributed by atoms with van der Waals surface area (Å²) in [7, 11) is 0. The van der Waals surface area contributed by atoms with Gasteiger partial charge in [-0.1, -0.05) is 38.0 Å². The van der Waals surface area contributed by atoms with Crippen molar-refractivity contribution in [2.24, 2.45) is 0 Å². The van der Waals surface area contributed by atoms with Crippen LogP contribution in [0.15, 0.2) is 28.7 Å². The predicted octanol–water partition coefficient (Wildman–Crippen LogP) is 3.75. The van der Waals surface area contributed by atoms with E-state index in [-0.39, 0.29) is 0 Å². The zero-order chi connectivity index (χ0) is 10.7. The number of hydrogen-bond donors (Lipinski definition) is 1. The molecule has 0 aliphatic rings. The van der Waals surface area contributed by atoms with E-state index in [1.165, 1.54) is 30.2 Å². The number of aryl methyl sites for hydroxylation is 1. The molecule has 2 rings (SSSR count). The summed E-state index contributed by atoms with van der Waals surface area (Å²) in [4.78, 5) is 0. The summed E-state index contributed by atoms with van der Waals surface area (Å²) < 4.78 is 5.51. The zero-order valence-corrected chi connectivity index (χ0v) is 9.12. The minimum atomic E-state index is 0.590. The smallest absolute Gasteiger partial charge is 0.194 e. The monoisotopic (exact) mass is 203 g/mol. The molecule has 0 saturated heterocycles. The average Bonchev–Trinajstić information content (AvgIpc) is 2.56. The fourth-order valence-electron chi connectivity index (χ4n) is 1.93. The van der Waals surface area contributed by atoms with E-state index in [4.69, 9.17) is 10.2 Å². The minimum absolute atomic E-state index is 0.590. The van der Waals surface area contributed by atoms with Crippen molar-refractivity contribution >= 4 is 16.9 Å². The molecule has 1 aromatic heterocycles. The number of hydrogen-bond acceptors (Lipinski definition) is 2. The molecule has 0 spiro atoms. The molecule has 2 N–H and O–H groups in total. The number of rotatable bonds is 4. The first-order chi connectivity index (χ1) is 7.33. The average molecular weight is 203 g/mol. The Labute approximate surface area is 90.1 Å². The van der Waals surface area contributed by atoms with Gasteiger partial charge in [-0.2, -0.15) is 0 Å². The molecule has 1 aromatic carbocycles. The Morgan fingerprint density at radius 1 is 1.20 bits per heavy atom. The summed E-state index contributed by atoms with van der Waals surface area (Å²) in [5.41, 5.74) is 7.95. The topological polar surface area (TPSA) is 39.2 Å². The van der Waals surface area contributed by atoms with Crippen LogP contribution in [0.2, 0.25) is 0 Å². The number of anilines is 1. The standard InChI is InChI=1S/C13H17NO/c1-2-3-4-8-11-10-7-5-6-9-12(10)15-13(11)14/h5-7,9H,2-4,8,14H2,1H3. The van der Waals surface area contributed by atoms with E-state index in [0.29, 0.717) is 5.88 Å². The maximum absolute atomic E-state index is 5.87. The Balaban J connectivity index is 2.28. The second-order valence-corrected chi connectivity index (χ2v) is 3.90. The number of unbranched alkanes of at least 4 members (excludes halogenated alkanes) is 2. The number of benzene rings is 1. The molecule has 1 heterocycles. The number of nitrogens with two attached hydrogens (primary N) is 1. The predicted molar refractivity (Wildman–Crippen MR) is 63.9 cm³/mol. The van der Waals surface area contributed by atoms with Gasteiger partial charge in [-0.3, -0.25) is 0 Å². The Bertz CT molecular complexity index is 445. The van der Waals surface area contributed by atoms with Crippen LogP contribution in [-0.2, 0) is 6.42 Å². The summed E-state index contributed by atoms with van der Waals surface area (Å²) >= 11 is 0. The van der Waals surface area contributed by atoms with Crippen molar-refractivity contribution in [3.05, 3.63) is 29.8 Å². The molecule has 2 nitrogen and oxygen atoms in total. The zero-order valence-electron chi connectivity index (χ0n) is 9.12. The first-order valence-corrected chi connectivity index (χ1v) is 5.58. The lowest BCUT2D eigenvalue weighted by molar-refractivity contribution is 0.628. The highest BCUT2D eigenvalue weighted by Gasteiger charge is 2.09. The normalized spacial score (nSPS) is 11.0. The van der Waals surface area contributed by atoms with Gasteiger partial charge in [-0.25, -0.2) is 0 Å². The van der Waals surface area contributed by atoms with Crippen molar-refractivity contribution in [1.82, 2.24) is 0 Å². The van der Waals surface area contributed by atoms with E-state index in [2.05, 4.69) is 13.0 Å². The molecule has 2 aromatic rings. The van der Waals surface area contributed by atoms with Crippen molar-refractivity contribution in [2.75, 3.05) is 5.73 Å². The van der Waals surface area contributed by atoms with Gasteiger partial charge in [-0.15, -0.1) is 0 Å². The van der Waals surface area contributed by atoms with Crippen LogP contribution in [0.1, 0.15) is 31.7 Å². The van der Waals surface area contributed by atoms with E-state index < -0.39 is 0 Å². The lowest BCUT2D eigenvalue weighted by atomic mass is 10.1. The third-order valence-electron chi connectivity index (χ3n) is 2.76. The first kappa shape index (κ1) is 10.1. The van der Waals surface area contributed by atoms with E-state index in [1.54, 1.807) is 0 Å². The van der Waals surface area contributed by atoms with Crippen LogP contribution in [0.25, 0.3) is 11.0 Å². The molecule has 0 fully saturated rings. The highest BCUT2D eigenvalue weighted by Crippen LogP contribution is 2.28. The Hall–Kier alpha value is -1.44. The van der Waals surface area contributed by atoms with Crippen molar-refractivity contribution in [3.8, 4) is 0 Å². The lowest BCUT2D eigenvalue weighted by Gasteiger charge is -1.98. The van der Waals surface area contributed by atoms with Gasteiger partial charge in [0.1, 0.15) is 5.58 Å². The number of furan rings is 1. The Morgan fingerprint density at radius 2 is 2.00 bits per heavy atom. The van der Waals surface area contributed by atoms with Crippen LogP contribution in [-0.4, -0.2) is 0 Å². The van der Waals surface area contributed by atoms with Crippen molar-refractivity contribution in [2.45, 2.75) is 32.6 Å². The van der Waals surface area contributed by atoms with Gasteiger partial charge in [0.2, 0.25) is 0 Å². The lowest BCUT2D eigenvalue weighted by Crippen LogP contribution is -1.90. The highest BCUT2D eigenvalue weighted by atomic mass is 16.3. The van der Waals surface area contributed by atoms with E-state index in [1.807, 2.05) is 18.2 Å². The van der Waals surface area contributed by atoms with Crippen LogP contribution in [0, 0.1) is 0 Å². The second kappa shape index (κ2) is 4.39. The van der Waals surface area contributed by atoms with Gasteiger partial charge >= 0.3 is 0 Å². The number of nitrogen functional groups attached to an aromatic ring is 1. The summed E-state index contributed by atoms with van der Waals surface area (Å²) in [5.74, 6) is 0.590. The SMILES string of the molecule is CCCCCc1c(N)oc2ccccc12. The molecule has 0 saturated carbocycles. The molecule has 0 aliphatic heterocycles. The van der Waals surface area contributed by atoms with Crippen molar-refractivity contribution < 1.29 is 4.42 Å². The van der Waals surface area contributed by atoms with Gasteiger partial charge in [-0.05, 0) is 18.9 Å². The summed E-state index contributed by atoms with van der Waals surface area (Å²) in [6.07, 6.45) is 4.69. The summed E-state index contributed by atoms with van der Waals surface area (Å²) in [5, 5.41) is 1.17. The van der Waals surface area contributed by atoms with E-state index in [0.717, 1.165) is 12.0 Å². The Morgan fingerprint density at radius 3 is 2.80 bits per heavy atom. The molecule has 0 amide bonds. The molecule has 0 aliphatic carbocycles. The first-order valence-electron chi connectivity index (χ1n) is 5.58. The van der Waals surface area contributed by atoms with Gasteiger partial charge in [0.15, 0.2) is 5.88 Å². The minimum Gasteiger partial charge on any atom is -0.441 e. The molecule has 0 bridgehead atoms. The van der Waals surface area contributed by atoms with Gasteiger partial charge in [0.05, 0.1) is 0 Å². The molecule has 0 unspecified atom stereocenters. The summed E-state index contributed by atoms with van der Waals surface area (Å²) in [6.45, 7) is 2.21. The van der Waals surface area contributed by atoms with Gasteiger partial charge in [0.25, 0.3) is 0 Å². The fourth-order valence-corrected chi connectivity index (χ4v) is 1.93. The molecule has 15 heavy (non-hydrogen) atoms. The second-order valence-electron chi connectivity index (χ2n) is 3.90. The van der Waals surface area contributed by atoms with E-state index in [9.17, 15) is 0 Å². The van der Waals surface area contributed by atoms with Gasteiger partial charge < -0.3 is 10.2 Å². The van der Waals surface area contributed by atoms with Crippen molar-refractivity contribution in [3.63, 3.8) is 0 Å². The third kappa shape index (κ3) is 1.99. The molecule has 0 radical (unpaired) electrons. The largest absolute Gasteiger partial charge is 0.441 e.